The SMILES string of the molecule is COCC1CC(N(Cc2cc(C(F)(F)F)cc(C(F)(F)F)c2)c2ncc(-c3cnn(C)c3)cn2)CN1/C(N)=C(/C)Cl. The Kier molecular flexibility index (Phi) is 8.73. The number of alkyl halides is 6. The molecule has 8 nitrogen and oxygen atoms in total. The van der Waals surface area contributed by atoms with E-state index in [2.05, 4.69) is 15.1 Å². The molecule has 222 valence electrons. The number of likely N-dealkylation sites (tertiary alicyclic amines) is 1. The number of methoxy groups -OCH3 is 1. The second-order valence-corrected chi connectivity index (χ2v) is 10.4. The molecule has 3 aromatic rings. The van der Waals surface area contributed by atoms with E-state index in [4.69, 9.17) is 22.1 Å². The summed E-state index contributed by atoms with van der Waals surface area (Å²) >= 11 is 6.16. The van der Waals surface area contributed by atoms with Crippen molar-refractivity contribution in [2.75, 3.05) is 25.2 Å². The van der Waals surface area contributed by atoms with E-state index in [9.17, 15) is 26.3 Å². The Hall–Kier alpha value is -3.52. The van der Waals surface area contributed by atoms with Gasteiger partial charge in [-0.3, -0.25) is 4.68 Å². The molecule has 15 heteroatoms. The molecule has 2 N–H and O–H groups in total. The van der Waals surface area contributed by atoms with Gasteiger partial charge in [-0.2, -0.15) is 31.4 Å². The summed E-state index contributed by atoms with van der Waals surface area (Å²) in [5.74, 6) is 0.416. The molecule has 1 aliphatic heterocycles. The van der Waals surface area contributed by atoms with Gasteiger partial charge in [0.2, 0.25) is 5.95 Å². The fourth-order valence-electron chi connectivity index (χ4n) is 4.82. The molecule has 1 aliphatic rings. The lowest BCUT2D eigenvalue weighted by atomic mass is 10.0. The Bertz CT molecular complexity index is 1350. The number of nitrogens with two attached hydrogens (primary N) is 1. The molecule has 2 unspecified atom stereocenters. The zero-order valence-electron chi connectivity index (χ0n) is 22.3. The van der Waals surface area contributed by atoms with E-state index in [1.807, 2.05) is 0 Å². The zero-order chi connectivity index (χ0) is 30.1. The number of aromatic nitrogens is 4. The van der Waals surface area contributed by atoms with E-state index < -0.39 is 29.5 Å². The Labute approximate surface area is 237 Å². The highest BCUT2D eigenvalue weighted by Gasteiger charge is 2.40. The van der Waals surface area contributed by atoms with Crippen molar-refractivity contribution in [2.45, 2.75) is 44.3 Å². The number of allylic oxidation sites excluding steroid dienone is 1. The van der Waals surface area contributed by atoms with Crippen molar-refractivity contribution in [3.05, 3.63) is 70.5 Å². The Morgan fingerprint density at radius 2 is 1.66 bits per heavy atom. The minimum absolute atomic E-state index is 0.105. The normalized spacial score (nSPS) is 18.5. The second-order valence-electron chi connectivity index (χ2n) is 9.79. The lowest BCUT2D eigenvalue weighted by Gasteiger charge is -2.30. The standard InChI is InChI=1S/C26H28ClF6N7O/c1-15(27)23(34)39-13-21(7-22(39)14-41-3)40(24-35-8-17(9-36-24)18-10-37-38(2)12-18)11-16-4-19(25(28,29)30)6-20(5-16)26(31,32)33/h4-6,8-10,12,21-22H,7,11,13-14,34H2,1-3H3/b23-15-. The highest BCUT2D eigenvalue weighted by molar-refractivity contribution is 6.29. The van der Waals surface area contributed by atoms with Gasteiger partial charge < -0.3 is 20.3 Å². The van der Waals surface area contributed by atoms with Gasteiger partial charge in [0.05, 0.1) is 41.0 Å². The van der Waals surface area contributed by atoms with Crippen LogP contribution in [0, 0.1) is 0 Å². The van der Waals surface area contributed by atoms with Crippen molar-refractivity contribution in [1.29, 1.82) is 0 Å². The minimum Gasteiger partial charge on any atom is -0.384 e. The van der Waals surface area contributed by atoms with Gasteiger partial charge in [-0.25, -0.2) is 9.97 Å². The number of benzene rings is 1. The maximum atomic E-state index is 13.6. The number of aryl methyl sites for hydroxylation is 1. The van der Waals surface area contributed by atoms with Crippen LogP contribution in [0.25, 0.3) is 11.1 Å². The number of rotatable bonds is 8. The number of nitrogens with zero attached hydrogens (tertiary/aromatic N) is 6. The average molecular weight is 604 g/mol. The maximum Gasteiger partial charge on any atom is 0.416 e. The van der Waals surface area contributed by atoms with Gasteiger partial charge in [0.1, 0.15) is 5.82 Å². The molecule has 2 aromatic heterocycles. The molecular weight excluding hydrogens is 576 g/mol. The average Bonchev–Trinajstić information content (AvgIpc) is 3.52. The number of hydrogen-bond donors (Lipinski definition) is 1. The molecule has 0 spiro atoms. The fourth-order valence-corrected chi connectivity index (χ4v) is 4.93. The Balaban J connectivity index is 1.77. The van der Waals surface area contributed by atoms with Gasteiger partial charge >= 0.3 is 12.4 Å². The first-order valence-corrected chi connectivity index (χ1v) is 12.8. The molecule has 3 heterocycles. The van der Waals surface area contributed by atoms with E-state index in [-0.39, 0.29) is 43.3 Å². The third kappa shape index (κ3) is 7.04. The van der Waals surface area contributed by atoms with E-state index in [0.29, 0.717) is 35.0 Å². The van der Waals surface area contributed by atoms with Crippen molar-refractivity contribution in [3.63, 3.8) is 0 Å². The van der Waals surface area contributed by atoms with Crippen LogP contribution in [0.3, 0.4) is 0 Å². The van der Waals surface area contributed by atoms with Crippen LogP contribution in [0.4, 0.5) is 32.3 Å². The highest BCUT2D eigenvalue weighted by atomic mass is 35.5. The molecule has 41 heavy (non-hydrogen) atoms. The summed E-state index contributed by atoms with van der Waals surface area (Å²) < 4.78 is 88.5. The summed E-state index contributed by atoms with van der Waals surface area (Å²) in [4.78, 5) is 12.3. The third-order valence-corrected chi connectivity index (χ3v) is 6.98. The first kappa shape index (κ1) is 30.4. The molecule has 1 saturated heterocycles. The van der Waals surface area contributed by atoms with Crippen LogP contribution in [0.15, 0.2) is 53.8 Å². The summed E-state index contributed by atoms with van der Waals surface area (Å²) in [5, 5.41) is 4.45. The van der Waals surface area contributed by atoms with Gasteiger partial charge in [0.25, 0.3) is 0 Å². The molecule has 1 aromatic carbocycles. The molecule has 0 radical (unpaired) electrons. The monoisotopic (exact) mass is 603 g/mol. The lowest BCUT2D eigenvalue weighted by Crippen LogP contribution is -2.39. The highest BCUT2D eigenvalue weighted by Crippen LogP contribution is 2.37. The smallest absolute Gasteiger partial charge is 0.384 e. The summed E-state index contributed by atoms with van der Waals surface area (Å²) in [6.45, 7) is 1.80. The van der Waals surface area contributed by atoms with Crippen molar-refractivity contribution >= 4 is 17.5 Å². The molecular formula is C26H28ClF6N7O. The van der Waals surface area contributed by atoms with Crippen molar-refractivity contribution in [1.82, 2.24) is 24.6 Å². The van der Waals surface area contributed by atoms with E-state index >= 15 is 0 Å². The van der Waals surface area contributed by atoms with Crippen molar-refractivity contribution in [2.24, 2.45) is 12.8 Å². The van der Waals surface area contributed by atoms with Crippen LogP contribution in [0.2, 0.25) is 0 Å². The van der Waals surface area contributed by atoms with Crippen LogP contribution in [-0.2, 0) is 30.7 Å². The van der Waals surface area contributed by atoms with E-state index in [1.54, 1.807) is 40.8 Å². The van der Waals surface area contributed by atoms with Crippen LogP contribution < -0.4 is 10.6 Å². The zero-order valence-corrected chi connectivity index (χ0v) is 23.1. The fraction of sp³-hybridized carbons (Fsp3) is 0.423. The molecule has 0 bridgehead atoms. The molecule has 2 atom stereocenters. The largest absolute Gasteiger partial charge is 0.416 e. The van der Waals surface area contributed by atoms with Gasteiger partial charge in [-0.05, 0) is 37.1 Å². The first-order chi connectivity index (χ1) is 19.2. The van der Waals surface area contributed by atoms with Gasteiger partial charge in [-0.1, -0.05) is 11.6 Å². The number of anilines is 1. The lowest BCUT2D eigenvalue weighted by molar-refractivity contribution is -0.143. The van der Waals surface area contributed by atoms with Crippen LogP contribution in [-0.4, -0.2) is 57.0 Å². The quantitative estimate of drug-likeness (QED) is 0.345. The van der Waals surface area contributed by atoms with Crippen LogP contribution in [0.5, 0.6) is 0 Å². The third-order valence-electron chi connectivity index (χ3n) is 6.79. The topological polar surface area (TPSA) is 85.3 Å². The summed E-state index contributed by atoms with van der Waals surface area (Å²) in [7, 11) is 3.26. The summed E-state index contributed by atoms with van der Waals surface area (Å²) in [6, 6.07) is 0.806. The van der Waals surface area contributed by atoms with Gasteiger partial charge in [-0.15, -0.1) is 0 Å². The number of hydrogen-bond acceptors (Lipinski definition) is 7. The first-order valence-electron chi connectivity index (χ1n) is 12.4. The molecule has 0 aliphatic carbocycles. The number of ether oxygens (including phenoxy) is 1. The Morgan fingerprint density at radius 1 is 1.05 bits per heavy atom. The van der Waals surface area contributed by atoms with E-state index in [0.717, 1.165) is 5.56 Å². The van der Waals surface area contributed by atoms with Crippen molar-refractivity contribution < 1.29 is 31.1 Å². The molecule has 0 saturated carbocycles. The molecule has 0 amide bonds. The van der Waals surface area contributed by atoms with Gasteiger partial charge in [0.15, 0.2) is 0 Å². The van der Waals surface area contributed by atoms with E-state index in [1.165, 1.54) is 19.5 Å². The second kappa shape index (κ2) is 11.8. The summed E-state index contributed by atoms with van der Waals surface area (Å²) in [5.41, 5.74) is 4.60. The van der Waals surface area contributed by atoms with Crippen molar-refractivity contribution in [3.8, 4) is 11.1 Å². The minimum atomic E-state index is -4.98. The van der Waals surface area contributed by atoms with Crippen LogP contribution in [0.1, 0.15) is 30.0 Å². The summed E-state index contributed by atoms with van der Waals surface area (Å²) in [6.07, 6.45) is -3.14. The van der Waals surface area contributed by atoms with Crippen LogP contribution >= 0.6 is 11.6 Å². The Morgan fingerprint density at radius 3 is 2.15 bits per heavy atom. The predicted molar refractivity (Wildman–Crippen MR) is 140 cm³/mol. The molecule has 4 rings (SSSR count). The predicted octanol–water partition coefficient (Wildman–Crippen LogP) is 5.40. The van der Waals surface area contributed by atoms with Gasteiger partial charge in [0, 0.05) is 57.0 Å². The number of halogens is 7. The molecule has 1 fully saturated rings. The maximum absolute atomic E-state index is 13.6.